The quantitative estimate of drug-likeness (QED) is 0.484. The minimum absolute atomic E-state index is 0.368. The first kappa shape index (κ1) is 10.2. The maximum Gasteiger partial charge on any atom is 0.321 e. The summed E-state index contributed by atoms with van der Waals surface area (Å²) in [7, 11) is 0. The van der Waals surface area contributed by atoms with Gasteiger partial charge in [-0.3, -0.25) is 9.69 Å². The van der Waals surface area contributed by atoms with Gasteiger partial charge in [-0.15, -0.1) is 0 Å². The molecule has 3 heteroatoms. The average Bonchev–Trinajstić information content (AvgIpc) is 2.15. The number of benzene rings is 1. The molecule has 1 aromatic rings. The summed E-state index contributed by atoms with van der Waals surface area (Å²) in [6.07, 6.45) is 4.00. The van der Waals surface area contributed by atoms with E-state index in [9.17, 15) is 4.79 Å². The summed E-state index contributed by atoms with van der Waals surface area (Å²) in [5.41, 5.74) is 1.52. The molecule has 0 unspecified atom stereocenters. The van der Waals surface area contributed by atoms with Gasteiger partial charge in [-0.05, 0) is 37.1 Å². The first-order chi connectivity index (χ1) is 7.02. The number of para-hydroxylation sites is 1. The van der Waals surface area contributed by atoms with Crippen LogP contribution in [0.4, 0.5) is 10.5 Å². The number of hydrogen-bond donors (Lipinski definition) is 0. The van der Waals surface area contributed by atoms with Gasteiger partial charge in [-0.25, -0.2) is 0 Å². The molecule has 0 N–H and O–H groups in total. The topological polar surface area (TPSA) is 20.3 Å². The number of carbonyl (C=O) groups excluding carboxylic acids is 1. The van der Waals surface area contributed by atoms with Crippen LogP contribution < -0.4 is 4.90 Å². The number of hydrogen-bond acceptors (Lipinski definition) is 1. The summed E-state index contributed by atoms with van der Waals surface area (Å²) in [5.74, 6) is 0. The van der Waals surface area contributed by atoms with Gasteiger partial charge in [-0.1, -0.05) is 30.4 Å². The van der Waals surface area contributed by atoms with E-state index < -0.39 is 5.37 Å². The molecule has 78 valence electrons. The average molecular weight is 222 g/mol. The Hall–Kier alpha value is -1.28. The number of amides is 1. The fourth-order valence-electron chi connectivity index (χ4n) is 1.83. The van der Waals surface area contributed by atoms with E-state index >= 15 is 0 Å². The van der Waals surface area contributed by atoms with Gasteiger partial charge in [0.1, 0.15) is 0 Å². The molecule has 1 heterocycles. The van der Waals surface area contributed by atoms with Gasteiger partial charge in [0.2, 0.25) is 0 Å². The molecule has 0 radical (unpaired) electrons. The van der Waals surface area contributed by atoms with Crippen molar-refractivity contribution in [3.63, 3.8) is 0 Å². The largest absolute Gasteiger partial charge is 0.321 e. The van der Waals surface area contributed by atoms with Gasteiger partial charge >= 0.3 is 5.37 Å². The lowest BCUT2D eigenvalue weighted by Gasteiger charge is -2.38. The predicted molar refractivity (Wildman–Crippen MR) is 63.3 cm³/mol. The molecular weight excluding hydrogens is 210 g/mol. The maximum absolute atomic E-state index is 11.4. The minimum atomic E-state index is -0.447. The maximum atomic E-state index is 11.4. The summed E-state index contributed by atoms with van der Waals surface area (Å²) < 4.78 is 0. The Kier molecular flexibility index (Phi) is 2.31. The number of carbonyl (C=O) groups is 1. The van der Waals surface area contributed by atoms with E-state index in [0.717, 1.165) is 11.3 Å². The normalized spacial score (nSPS) is 17.4. The highest BCUT2D eigenvalue weighted by atomic mass is 35.5. The van der Waals surface area contributed by atoms with E-state index in [2.05, 4.69) is 0 Å². The van der Waals surface area contributed by atoms with Gasteiger partial charge in [-0.2, -0.15) is 0 Å². The van der Waals surface area contributed by atoms with E-state index in [0.29, 0.717) is 0 Å². The highest BCUT2D eigenvalue weighted by Gasteiger charge is 2.32. The van der Waals surface area contributed by atoms with Crippen LogP contribution in [-0.4, -0.2) is 10.9 Å². The van der Waals surface area contributed by atoms with Crippen molar-refractivity contribution in [3.8, 4) is 0 Å². The second-order valence-electron chi connectivity index (χ2n) is 4.13. The molecule has 0 saturated heterocycles. The van der Waals surface area contributed by atoms with Crippen molar-refractivity contribution in [2.24, 2.45) is 0 Å². The molecule has 1 amide bonds. The summed E-state index contributed by atoms with van der Waals surface area (Å²) in [4.78, 5) is 13.0. The van der Waals surface area contributed by atoms with Crippen LogP contribution >= 0.6 is 11.6 Å². The van der Waals surface area contributed by atoms with Crippen molar-refractivity contribution in [1.29, 1.82) is 0 Å². The first-order valence-electron chi connectivity index (χ1n) is 4.80. The zero-order valence-corrected chi connectivity index (χ0v) is 9.45. The number of halogens is 1. The zero-order valence-electron chi connectivity index (χ0n) is 8.70. The summed E-state index contributed by atoms with van der Waals surface area (Å²) >= 11 is 5.62. The van der Waals surface area contributed by atoms with Crippen molar-refractivity contribution in [2.75, 3.05) is 4.90 Å². The third kappa shape index (κ3) is 1.65. The Labute approximate surface area is 94.2 Å². The molecule has 0 atom stereocenters. The van der Waals surface area contributed by atoms with Crippen LogP contribution in [0.2, 0.25) is 0 Å². The SMILES string of the molecule is CC1(C)C=Cc2ccccc2N1C(=O)Cl. The van der Waals surface area contributed by atoms with Crippen LogP contribution in [0.5, 0.6) is 0 Å². The predicted octanol–water partition coefficient (Wildman–Crippen LogP) is 3.66. The third-order valence-corrected chi connectivity index (χ3v) is 2.77. The molecule has 0 aromatic heterocycles. The third-order valence-electron chi connectivity index (χ3n) is 2.60. The molecule has 2 rings (SSSR count). The van der Waals surface area contributed by atoms with E-state index in [-0.39, 0.29) is 5.54 Å². The molecule has 0 saturated carbocycles. The standard InChI is InChI=1S/C12H12ClNO/c1-12(2)8-7-9-5-3-4-6-10(9)14(12)11(13)15/h3-8H,1-2H3. The van der Waals surface area contributed by atoms with Crippen LogP contribution in [0.25, 0.3) is 6.08 Å². The van der Waals surface area contributed by atoms with E-state index in [1.807, 2.05) is 50.3 Å². The zero-order chi connectivity index (χ0) is 11.1. The van der Waals surface area contributed by atoms with Crippen LogP contribution in [0, 0.1) is 0 Å². The van der Waals surface area contributed by atoms with Crippen molar-refractivity contribution < 1.29 is 4.79 Å². The summed E-state index contributed by atoms with van der Waals surface area (Å²) in [5, 5.41) is -0.447. The van der Waals surface area contributed by atoms with Gasteiger partial charge in [0, 0.05) is 0 Å². The summed E-state index contributed by atoms with van der Waals surface area (Å²) in [6, 6.07) is 7.72. The van der Waals surface area contributed by atoms with E-state index in [1.165, 1.54) is 0 Å². The molecule has 0 spiro atoms. The molecule has 0 fully saturated rings. The highest BCUT2D eigenvalue weighted by Crippen LogP contribution is 2.35. The lowest BCUT2D eigenvalue weighted by atomic mass is 9.94. The summed E-state index contributed by atoms with van der Waals surface area (Å²) in [6.45, 7) is 3.92. The Morgan fingerprint density at radius 2 is 2.00 bits per heavy atom. The van der Waals surface area contributed by atoms with E-state index in [1.54, 1.807) is 4.90 Å². The Morgan fingerprint density at radius 1 is 1.33 bits per heavy atom. The van der Waals surface area contributed by atoms with Gasteiger partial charge in [0.15, 0.2) is 0 Å². The fraction of sp³-hybridized carbons (Fsp3) is 0.250. The Morgan fingerprint density at radius 3 is 2.67 bits per heavy atom. The lowest BCUT2D eigenvalue weighted by molar-refractivity contribution is 0.261. The molecule has 15 heavy (non-hydrogen) atoms. The van der Waals surface area contributed by atoms with Crippen LogP contribution in [-0.2, 0) is 0 Å². The van der Waals surface area contributed by atoms with Crippen molar-refractivity contribution in [1.82, 2.24) is 0 Å². The second kappa shape index (κ2) is 3.38. The number of anilines is 1. The monoisotopic (exact) mass is 221 g/mol. The number of nitrogens with zero attached hydrogens (tertiary/aromatic N) is 1. The second-order valence-corrected chi connectivity index (χ2v) is 4.46. The Balaban J connectivity index is 2.60. The Bertz CT molecular complexity index is 437. The van der Waals surface area contributed by atoms with Gasteiger partial charge < -0.3 is 0 Å². The molecule has 1 aliphatic rings. The molecule has 2 nitrogen and oxygen atoms in total. The molecule has 0 aliphatic carbocycles. The van der Waals surface area contributed by atoms with Gasteiger partial charge in [0.25, 0.3) is 0 Å². The minimum Gasteiger partial charge on any atom is -0.289 e. The van der Waals surface area contributed by atoms with Crippen LogP contribution in [0.1, 0.15) is 19.4 Å². The molecule has 1 aliphatic heterocycles. The molecular formula is C12H12ClNO. The fourth-order valence-corrected chi connectivity index (χ4v) is 2.14. The van der Waals surface area contributed by atoms with Crippen molar-refractivity contribution >= 4 is 28.7 Å². The molecule has 0 bridgehead atoms. The van der Waals surface area contributed by atoms with E-state index in [4.69, 9.17) is 11.6 Å². The first-order valence-corrected chi connectivity index (χ1v) is 5.18. The lowest BCUT2D eigenvalue weighted by Crippen LogP contribution is -2.45. The smallest absolute Gasteiger partial charge is 0.289 e. The van der Waals surface area contributed by atoms with Crippen molar-refractivity contribution in [3.05, 3.63) is 35.9 Å². The number of fused-ring (bicyclic) bond motifs is 1. The van der Waals surface area contributed by atoms with Crippen molar-refractivity contribution in [2.45, 2.75) is 19.4 Å². The van der Waals surface area contributed by atoms with Crippen LogP contribution in [0.15, 0.2) is 30.3 Å². The molecule has 1 aromatic carbocycles. The highest BCUT2D eigenvalue weighted by molar-refractivity contribution is 6.66. The van der Waals surface area contributed by atoms with Crippen LogP contribution in [0.3, 0.4) is 0 Å². The van der Waals surface area contributed by atoms with Gasteiger partial charge in [0.05, 0.1) is 11.2 Å². The number of rotatable bonds is 0.